The minimum absolute atomic E-state index is 0.0715. The third kappa shape index (κ3) is 5.18. The summed E-state index contributed by atoms with van der Waals surface area (Å²) in [4.78, 5) is 1.13. The monoisotopic (exact) mass is 355 g/mol. The van der Waals surface area contributed by atoms with Gasteiger partial charge in [-0.1, -0.05) is 24.3 Å². The van der Waals surface area contributed by atoms with E-state index in [0.717, 1.165) is 29.9 Å². The topological polar surface area (TPSA) is 70.8 Å². The lowest BCUT2D eigenvalue weighted by Gasteiger charge is -2.27. The second-order valence-corrected chi connectivity index (χ2v) is 6.94. The molecule has 0 amide bonds. The number of quaternary nitrogens is 1. The van der Waals surface area contributed by atoms with E-state index >= 15 is 0 Å². The maximum atomic E-state index is 10.5. The molecule has 1 heterocycles. The number of fused-ring (bicyclic) bond motifs is 1. The van der Waals surface area contributed by atoms with Gasteiger partial charge >= 0.3 is 0 Å². The van der Waals surface area contributed by atoms with Gasteiger partial charge in [-0.2, -0.15) is 5.26 Å². The van der Waals surface area contributed by atoms with Crippen LogP contribution in [0, 0.1) is 11.3 Å². The molecule has 0 saturated heterocycles. The second kappa shape index (κ2) is 9.54. The summed E-state index contributed by atoms with van der Waals surface area (Å²) in [5.74, 6) is 0.868. The van der Waals surface area contributed by atoms with Gasteiger partial charge in [0.15, 0.2) is 5.76 Å². The zero-order valence-corrected chi connectivity index (χ0v) is 15.1. The van der Waals surface area contributed by atoms with Crippen molar-refractivity contribution >= 4 is 0 Å². The molecule has 5 nitrogen and oxygen atoms in total. The molecular formula is C21H27N2O3+. The van der Waals surface area contributed by atoms with Crippen molar-refractivity contribution in [1.82, 2.24) is 0 Å². The van der Waals surface area contributed by atoms with Crippen molar-refractivity contribution < 1.29 is 19.2 Å². The average Bonchev–Trinajstić information content (AvgIpc) is 3.17. The predicted octanol–water partition coefficient (Wildman–Crippen LogP) is 2.03. The van der Waals surface area contributed by atoms with Crippen LogP contribution in [0.15, 0.2) is 47.1 Å². The Hall–Kier alpha value is -2.13. The summed E-state index contributed by atoms with van der Waals surface area (Å²) in [6.45, 7) is 2.20. The summed E-state index contributed by atoms with van der Waals surface area (Å²) >= 11 is 0. The van der Waals surface area contributed by atoms with Crippen molar-refractivity contribution in [2.45, 2.75) is 44.4 Å². The highest BCUT2D eigenvalue weighted by molar-refractivity contribution is 5.31. The molecule has 0 fully saturated rings. The smallest absolute Gasteiger partial charge is 0.157 e. The normalized spacial score (nSPS) is 18.7. The van der Waals surface area contributed by atoms with Crippen molar-refractivity contribution in [2.24, 2.45) is 0 Å². The Kier molecular flexibility index (Phi) is 6.84. The third-order valence-corrected chi connectivity index (χ3v) is 4.92. The molecule has 5 heteroatoms. The van der Waals surface area contributed by atoms with Crippen molar-refractivity contribution in [2.75, 3.05) is 19.7 Å². The summed E-state index contributed by atoms with van der Waals surface area (Å²) in [5.41, 5.74) is 2.62. The largest absolute Gasteiger partial charge is 0.463 e. The van der Waals surface area contributed by atoms with E-state index in [9.17, 15) is 5.11 Å². The fraction of sp³-hybridized carbons (Fsp3) is 0.476. The van der Waals surface area contributed by atoms with Crippen LogP contribution in [0.4, 0.5) is 0 Å². The Morgan fingerprint density at radius 1 is 1.31 bits per heavy atom. The molecule has 0 aliphatic heterocycles. The van der Waals surface area contributed by atoms with E-state index in [4.69, 9.17) is 14.4 Å². The van der Waals surface area contributed by atoms with Crippen LogP contribution in [0.3, 0.4) is 0 Å². The van der Waals surface area contributed by atoms with Crippen LogP contribution in [-0.2, 0) is 17.7 Å². The first-order chi connectivity index (χ1) is 12.8. The Bertz CT molecular complexity index is 708. The lowest BCUT2D eigenvalue weighted by atomic mass is 9.89. The number of aliphatic hydroxyl groups is 1. The first kappa shape index (κ1) is 18.7. The van der Waals surface area contributed by atoms with E-state index in [2.05, 4.69) is 24.3 Å². The molecule has 3 rings (SSSR count). The fourth-order valence-electron chi connectivity index (χ4n) is 3.66. The molecule has 138 valence electrons. The number of ether oxygens (including phenoxy) is 1. The molecule has 1 aliphatic rings. The van der Waals surface area contributed by atoms with Crippen LogP contribution in [-0.4, -0.2) is 30.9 Å². The number of aryl methyl sites for hydroxylation is 1. The van der Waals surface area contributed by atoms with Crippen molar-refractivity contribution in [3.63, 3.8) is 0 Å². The molecule has 0 saturated carbocycles. The molecule has 1 unspecified atom stereocenters. The standard InChI is InChI=1S/C21H26N2O3/c22-11-5-12-23(15-19-8-4-13-25-19)14-18(24)16-26-21-10-3-7-17-6-1-2-9-20(17)21/h1-2,4,6,8-9,13,18,21,24H,3,5,7,10,12,14-16H2/p+1/t18-,21-/m1/s1. The highest BCUT2D eigenvalue weighted by atomic mass is 16.5. The Morgan fingerprint density at radius 2 is 2.19 bits per heavy atom. The van der Waals surface area contributed by atoms with E-state index in [0.29, 0.717) is 32.7 Å². The number of furan rings is 1. The maximum Gasteiger partial charge on any atom is 0.157 e. The Morgan fingerprint density at radius 3 is 3.00 bits per heavy atom. The SMILES string of the molecule is N#CCC[NH+](Cc1ccco1)C[C@@H](O)CO[C@@H]1CCCc2ccccc21. The van der Waals surface area contributed by atoms with Gasteiger partial charge in [0.2, 0.25) is 0 Å². The van der Waals surface area contributed by atoms with Gasteiger partial charge < -0.3 is 19.2 Å². The van der Waals surface area contributed by atoms with E-state index < -0.39 is 6.10 Å². The lowest BCUT2D eigenvalue weighted by molar-refractivity contribution is -0.917. The zero-order valence-electron chi connectivity index (χ0n) is 15.1. The van der Waals surface area contributed by atoms with Crippen LogP contribution in [0.2, 0.25) is 0 Å². The molecule has 0 radical (unpaired) electrons. The molecule has 0 bridgehead atoms. The predicted molar refractivity (Wildman–Crippen MR) is 97.4 cm³/mol. The number of benzene rings is 1. The molecule has 3 atom stereocenters. The number of nitriles is 1. The van der Waals surface area contributed by atoms with Gasteiger partial charge in [-0.25, -0.2) is 0 Å². The highest BCUT2D eigenvalue weighted by Gasteiger charge is 2.23. The van der Waals surface area contributed by atoms with Gasteiger partial charge in [0.05, 0.1) is 38.0 Å². The number of hydrogen-bond donors (Lipinski definition) is 2. The van der Waals surface area contributed by atoms with Gasteiger partial charge in [-0.15, -0.1) is 0 Å². The van der Waals surface area contributed by atoms with Crippen molar-refractivity contribution in [3.8, 4) is 6.07 Å². The van der Waals surface area contributed by atoms with E-state index in [1.807, 2.05) is 18.2 Å². The lowest BCUT2D eigenvalue weighted by Crippen LogP contribution is -3.12. The fourth-order valence-corrected chi connectivity index (χ4v) is 3.66. The van der Waals surface area contributed by atoms with Gasteiger partial charge in [0, 0.05) is 0 Å². The van der Waals surface area contributed by atoms with Gasteiger partial charge in [-0.05, 0) is 42.5 Å². The minimum Gasteiger partial charge on any atom is -0.463 e. The number of aliphatic hydroxyl groups excluding tert-OH is 1. The summed E-state index contributed by atoms with van der Waals surface area (Å²) in [6.07, 6.45) is 4.84. The summed E-state index contributed by atoms with van der Waals surface area (Å²) in [5, 5.41) is 19.3. The molecule has 2 N–H and O–H groups in total. The van der Waals surface area contributed by atoms with Crippen LogP contribution >= 0.6 is 0 Å². The quantitative estimate of drug-likeness (QED) is 0.722. The summed E-state index contributed by atoms with van der Waals surface area (Å²) in [7, 11) is 0. The average molecular weight is 355 g/mol. The zero-order chi connectivity index (χ0) is 18.2. The van der Waals surface area contributed by atoms with Gasteiger partial charge in [0.1, 0.15) is 19.2 Å². The second-order valence-electron chi connectivity index (χ2n) is 6.94. The molecule has 26 heavy (non-hydrogen) atoms. The maximum absolute atomic E-state index is 10.5. The van der Waals surface area contributed by atoms with Crippen molar-refractivity contribution in [1.29, 1.82) is 5.26 Å². The molecule has 0 spiro atoms. The molecular weight excluding hydrogens is 328 g/mol. The minimum atomic E-state index is -0.562. The number of hydrogen-bond acceptors (Lipinski definition) is 4. The van der Waals surface area contributed by atoms with Crippen LogP contribution < -0.4 is 4.90 Å². The Labute approximate surface area is 154 Å². The molecule has 1 aromatic carbocycles. The van der Waals surface area contributed by atoms with E-state index in [1.54, 1.807) is 6.26 Å². The first-order valence-electron chi connectivity index (χ1n) is 9.36. The van der Waals surface area contributed by atoms with E-state index in [-0.39, 0.29) is 6.10 Å². The number of nitrogens with one attached hydrogen (secondary N) is 1. The van der Waals surface area contributed by atoms with Gasteiger partial charge in [0.25, 0.3) is 0 Å². The van der Waals surface area contributed by atoms with Gasteiger partial charge in [-0.3, -0.25) is 0 Å². The molecule has 1 aromatic heterocycles. The van der Waals surface area contributed by atoms with Crippen molar-refractivity contribution in [3.05, 3.63) is 59.5 Å². The van der Waals surface area contributed by atoms with Crippen LogP contribution in [0.25, 0.3) is 0 Å². The highest BCUT2D eigenvalue weighted by Crippen LogP contribution is 2.32. The number of nitrogens with zero attached hydrogens (tertiary/aromatic N) is 1. The summed E-state index contributed by atoms with van der Waals surface area (Å²) in [6, 6.07) is 14.4. The number of rotatable bonds is 9. The van der Waals surface area contributed by atoms with Crippen LogP contribution in [0.1, 0.15) is 42.3 Å². The Balaban J connectivity index is 1.52. The third-order valence-electron chi connectivity index (χ3n) is 4.92. The molecule has 1 aliphatic carbocycles. The summed E-state index contributed by atoms with van der Waals surface area (Å²) < 4.78 is 11.5. The molecule has 2 aromatic rings. The van der Waals surface area contributed by atoms with Crippen LogP contribution in [0.5, 0.6) is 0 Å². The van der Waals surface area contributed by atoms with E-state index in [1.165, 1.54) is 11.1 Å². The first-order valence-corrected chi connectivity index (χ1v) is 9.36.